The molecule has 0 atom stereocenters. The molecule has 0 bridgehead atoms. The minimum atomic E-state index is -4.76. The molecule has 0 aromatic heterocycles. The second kappa shape index (κ2) is 10.3. The van der Waals surface area contributed by atoms with Gasteiger partial charge in [-0.2, -0.15) is 0 Å². The number of methoxy groups -OCH3 is 1. The molecule has 6 nitrogen and oxygen atoms in total. The van der Waals surface area contributed by atoms with Gasteiger partial charge in [-0.3, -0.25) is 9.59 Å². The molecule has 0 unspecified atom stereocenters. The van der Waals surface area contributed by atoms with E-state index in [1.807, 2.05) is 0 Å². The minimum absolute atomic E-state index is 0.157. The van der Waals surface area contributed by atoms with Crippen LogP contribution in [0.2, 0.25) is 0 Å². The van der Waals surface area contributed by atoms with Crippen LogP contribution in [0.25, 0.3) is 6.08 Å². The first-order chi connectivity index (χ1) is 14.2. The van der Waals surface area contributed by atoms with E-state index in [0.29, 0.717) is 23.5 Å². The molecule has 0 fully saturated rings. The standard InChI is InChI=1S/C21H21F3N2O4/c1-3-26(14-19(27)25-16-5-4-6-18(13-16)29-2)20(28)12-9-15-7-10-17(11-8-15)30-21(22,23)24/h4-13H,3,14H2,1-2H3,(H,25,27)/b12-9+. The quantitative estimate of drug-likeness (QED) is 0.651. The van der Waals surface area contributed by atoms with Gasteiger partial charge in [-0.15, -0.1) is 13.2 Å². The second-order valence-electron chi connectivity index (χ2n) is 6.08. The molecular formula is C21H21F3N2O4. The third kappa shape index (κ3) is 7.50. The Balaban J connectivity index is 1.94. The fraction of sp³-hybridized carbons (Fsp3) is 0.238. The lowest BCUT2D eigenvalue weighted by Gasteiger charge is -2.18. The minimum Gasteiger partial charge on any atom is -0.497 e. The number of rotatable bonds is 8. The highest BCUT2D eigenvalue weighted by molar-refractivity contribution is 5.98. The summed E-state index contributed by atoms with van der Waals surface area (Å²) < 4.78 is 45.4. The Morgan fingerprint density at radius 1 is 1.10 bits per heavy atom. The van der Waals surface area contributed by atoms with E-state index < -0.39 is 12.3 Å². The molecule has 2 aromatic carbocycles. The normalized spacial score (nSPS) is 11.2. The lowest BCUT2D eigenvalue weighted by Crippen LogP contribution is -2.36. The summed E-state index contributed by atoms with van der Waals surface area (Å²) >= 11 is 0. The first kappa shape index (κ1) is 22.8. The van der Waals surface area contributed by atoms with Crippen LogP contribution >= 0.6 is 0 Å². The number of carbonyl (C=O) groups is 2. The van der Waals surface area contributed by atoms with E-state index >= 15 is 0 Å². The van der Waals surface area contributed by atoms with Crippen molar-refractivity contribution in [2.45, 2.75) is 13.3 Å². The molecule has 0 aliphatic carbocycles. The van der Waals surface area contributed by atoms with Crippen molar-refractivity contribution in [3.63, 3.8) is 0 Å². The Kier molecular flexibility index (Phi) is 7.85. The van der Waals surface area contributed by atoms with Crippen LogP contribution < -0.4 is 14.8 Å². The van der Waals surface area contributed by atoms with E-state index in [-0.39, 0.29) is 18.2 Å². The zero-order chi connectivity index (χ0) is 22.1. The van der Waals surface area contributed by atoms with Gasteiger partial charge in [0, 0.05) is 24.4 Å². The molecule has 0 spiro atoms. The van der Waals surface area contributed by atoms with Crippen LogP contribution in [0.1, 0.15) is 12.5 Å². The average molecular weight is 422 g/mol. The Morgan fingerprint density at radius 3 is 2.40 bits per heavy atom. The smallest absolute Gasteiger partial charge is 0.497 e. The molecule has 1 N–H and O–H groups in total. The summed E-state index contributed by atoms with van der Waals surface area (Å²) in [6.45, 7) is 1.87. The zero-order valence-electron chi connectivity index (χ0n) is 16.4. The summed E-state index contributed by atoms with van der Waals surface area (Å²) in [4.78, 5) is 25.9. The largest absolute Gasteiger partial charge is 0.573 e. The number of carbonyl (C=O) groups excluding carboxylic acids is 2. The number of halogens is 3. The third-order valence-corrected chi connectivity index (χ3v) is 3.91. The number of likely N-dealkylation sites (N-methyl/N-ethyl adjacent to an activating group) is 1. The molecule has 2 aromatic rings. The molecule has 9 heteroatoms. The molecule has 2 rings (SSSR count). The molecule has 0 saturated heterocycles. The predicted molar refractivity (Wildman–Crippen MR) is 106 cm³/mol. The molecule has 30 heavy (non-hydrogen) atoms. The van der Waals surface area contributed by atoms with E-state index in [0.717, 1.165) is 12.1 Å². The van der Waals surface area contributed by atoms with Gasteiger partial charge < -0.3 is 19.7 Å². The topological polar surface area (TPSA) is 67.9 Å². The van der Waals surface area contributed by atoms with Crippen LogP contribution in [0, 0.1) is 0 Å². The van der Waals surface area contributed by atoms with Crippen molar-refractivity contribution >= 4 is 23.6 Å². The number of hydrogen-bond acceptors (Lipinski definition) is 4. The molecule has 0 heterocycles. The van der Waals surface area contributed by atoms with Crippen LogP contribution in [-0.4, -0.2) is 43.3 Å². The molecule has 160 valence electrons. The van der Waals surface area contributed by atoms with Gasteiger partial charge in [-0.25, -0.2) is 0 Å². The highest BCUT2D eigenvalue weighted by atomic mass is 19.4. The van der Waals surface area contributed by atoms with Crippen molar-refractivity contribution in [1.82, 2.24) is 4.90 Å². The van der Waals surface area contributed by atoms with Gasteiger partial charge >= 0.3 is 6.36 Å². The van der Waals surface area contributed by atoms with Crippen molar-refractivity contribution in [3.8, 4) is 11.5 Å². The van der Waals surface area contributed by atoms with Gasteiger partial charge in [0.25, 0.3) is 0 Å². The SMILES string of the molecule is CCN(CC(=O)Nc1cccc(OC)c1)C(=O)/C=C/c1ccc(OC(F)(F)F)cc1. The molecule has 0 aliphatic heterocycles. The molecular weight excluding hydrogens is 401 g/mol. The van der Waals surface area contributed by atoms with Crippen molar-refractivity contribution in [2.75, 3.05) is 25.5 Å². The maximum atomic E-state index is 12.4. The van der Waals surface area contributed by atoms with Crippen molar-refractivity contribution in [1.29, 1.82) is 0 Å². The second-order valence-corrected chi connectivity index (χ2v) is 6.08. The summed E-state index contributed by atoms with van der Waals surface area (Å²) in [5.74, 6) is -0.546. The van der Waals surface area contributed by atoms with E-state index in [9.17, 15) is 22.8 Å². The lowest BCUT2D eigenvalue weighted by molar-refractivity contribution is -0.274. The number of alkyl halides is 3. The van der Waals surface area contributed by atoms with Gasteiger partial charge in [0.05, 0.1) is 7.11 Å². The molecule has 0 saturated carbocycles. The van der Waals surface area contributed by atoms with E-state index in [2.05, 4.69) is 10.1 Å². The van der Waals surface area contributed by atoms with Gasteiger partial charge in [0.15, 0.2) is 0 Å². The zero-order valence-corrected chi connectivity index (χ0v) is 16.4. The first-order valence-electron chi connectivity index (χ1n) is 8.97. The highest BCUT2D eigenvalue weighted by Gasteiger charge is 2.30. The first-order valence-corrected chi connectivity index (χ1v) is 8.97. The highest BCUT2D eigenvalue weighted by Crippen LogP contribution is 2.23. The summed E-state index contributed by atoms with van der Waals surface area (Å²) in [7, 11) is 1.52. The predicted octanol–water partition coefficient (Wildman–Crippen LogP) is 4.09. The number of nitrogens with zero attached hydrogens (tertiary/aromatic N) is 1. The van der Waals surface area contributed by atoms with E-state index in [4.69, 9.17) is 4.74 Å². The molecule has 0 aliphatic rings. The maximum absolute atomic E-state index is 12.4. The number of anilines is 1. The van der Waals surface area contributed by atoms with Gasteiger partial charge in [0.1, 0.15) is 18.0 Å². The van der Waals surface area contributed by atoms with Crippen LogP contribution in [0.5, 0.6) is 11.5 Å². The fourth-order valence-electron chi connectivity index (χ4n) is 2.47. The summed E-state index contributed by atoms with van der Waals surface area (Å²) in [6.07, 6.45) is -2.06. The maximum Gasteiger partial charge on any atom is 0.573 e. The monoisotopic (exact) mass is 422 g/mol. The van der Waals surface area contributed by atoms with Crippen molar-refractivity contribution < 1.29 is 32.2 Å². The van der Waals surface area contributed by atoms with Crippen molar-refractivity contribution in [2.24, 2.45) is 0 Å². The number of nitrogens with one attached hydrogen (secondary N) is 1. The van der Waals surface area contributed by atoms with Crippen LogP contribution in [-0.2, 0) is 9.59 Å². The Morgan fingerprint density at radius 2 is 1.80 bits per heavy atom. The van der Waals surface area contributed by atoms with Gasteiger partial charge in [0.2, 0.25) is 11.8 Å². The number of ether oxygens (including phenoxy) is 2. The summed E-state index contributed by atoms with van der Waals surface area (Å²) in [5.41, 5.74) is 1.05. The average Bonchev–Trinajstić information content (AvgIpc) is 2.70. The Labute approximate surface area is 171 Å². The number of amides is 2. The Hall–Kier alpha value is -3.49. The third-order valence-electron chi connectivity index (χ3n) is 3.91. The molecule has 0 radical (unpaired) electrons. The van der Waals surface area contributed by atoms with E-state index in [1.165, 1.54) is 36.3 Å². The molecule has 2 amide bonds. The van der Waals surface area contributed by atoms with Gasteiger partial charge in [-0.05, 0) is 42.8 Å². The van der Waals surface area contributed by atoms with Crippen LogP contribution in [0.3, 0.4) is 0 Å². The van der Waals surface area contributed by atoms with Crippen LogP contribution in [0.15, 0.2) is 54.6 Å². The number of benzene rings is 2. The van der Waals surface area contributed by atoms with Crippen molar-refractivity contribution in [3.05, 3.63) is 60.2 Å². The number of hydrogen-bond donors (Lipinski definition) is 1. The van der Waals surface area contributed by atoms with Crippen LogP contribution in [0.4, 0.5) is 18.9 Å². The lowest BCUT2D eigenvalue weighted by atomic mass is 10.2. The van der Waals surface area contributed by atoms with Gasteiger partial charge in [-0.1, -0.05) is 18.2 Å². The summed E-state index contributed by atoms with van der Waals surface area (Å²) in [5, 5.41) is 2.69. The Bertz CT molecular complexity index is 896. The fourth-order valence-corrected chi connectivity index (χ4v) is 2.47. The van der Waals surface area contributed by atoms with E-state index in [1.54, 1.807) is 31.2 Å². The summed E-state index contributed by atoms with van der Waals surface area (Å²) in [6, 6.07) is 11.9.